The monoisotopic (exact) mass is 250 g/mol. The molecule has 0 aliphatic heterocycles. The number of carbonyl (C=O) groups excluding carboxylic acids is 1. The largest absolute Gasteiger partial charge is 0.496 e. The van der Waals surface area contributed by atoms with Crippen LogP contribution in [0.4, 0.5) is 0 Å². The van der Waals surface area contributed by atoms with Gasteiger partial charge in [0.2, 0.25) is 0 Å². The van der Waals surface area contributed by atoms with E-state index in [-0.39, 0.29) is 24.2 Å². The number of Topliss-reactive ketones (excluding diaryl/α,β-unsaturated/α-hetero) is 1. The van der Waals surface area contributed by atoms with Gasteiger partial charge < -0.3 is 9.84 Å². The number of ether oxygens (including phenoxy) is 1. The molecule has 0 aliphatic rings. The van der Waals surface area contributed by atoms with Crippen LogP contribution >= 0.6 is 0 Å². The Morgan fingerprint density at radius 3 is 2.50 bits per heavy atom. The molecule has 18 heavy (non-hydrogen) atoms. The van der Waals surface area contributed by atoms with Gasteiger partial charge in [-0.1, -0.05) is 20.8 Å². The molecule has 100 valence electrons. The number of ketones is 1. The summed E-state index contributed by atoms with van der Waals surface area (Å²) in [5.74, 6) is 0.613. The quantitative estimate of drug-likeness (QED) is 0.790. The fourth-order valence-electron chi connectivity index (χ4n) is 2.02. The van der Waals surface area contributed by atoms with Crippen LogP contribution in [0.2, 0.25) is 0 Å². The van der Waals surface area contributed by atoms with E-state index in [4.69, 9.17) is 4.74 Å². The minimum atomic E-state index is -0.330. The zero-order chi connectivity index (χ0) is 13.7. The molecule has 0 bridgehead atoms. The van der Waals surface area contributed by atoms with Crippen molar-refractivity contribution in [1.29, 1.82) is 0 Å². The summed E-state index contributed by atoms with van der Waals surface area (Å²) in [6.45, 7) is 5.81. The topological polar surface area (TPSA) is 46.5 Å². The van der Waals surface area contributed by atoms with Crippen molar-refractivity contribution in [3.8, 4) is 5.75 Å². The van der Waals surface area contributed by atoms with E-state index >= 15 is 0 Å². The first-order valence-corrected chi connectivity index (χ1v) is 6.37. The molecule has 1 unspecified atom stereocenters. The Bertz CT molecular complexity index is 410. The van der Waals surface area contributed by atoms with E-state index in [1.807, 2.05) is 32.9 Å². The smallest absolute Gasteiger partial charge is 0.168 e. The molecule has 3 heteroatoms. The molecule has 3 nitrogen and oxygen atoms in total. The third-order valence-corrected chi connectivity index (χ3v) is 3.28. The standard InChI is InChI=1S/C15H22O3/c1-5-11-8-12(6-7-14(11)18-4)15(17)13(9-16)10(2)3/h6-8,10,13,16H,5,9H2,1-4H3. The molecule has 0 saturated heterocycles. The number of aliphatic hydroxyl groups is 1. The molecule has 0 saturated carbocycles. The highest BCUT2D eigenvalue weighted by Crippen LogP contribution is 2.23. The summed E-state index contributed by atoms with van der Waals surface area (Å²) in [7, 11) is 1.63. The minimum absolute atomic E-state index is 0.00449. The maximum Gasteiger partial charge on any atom is 0.168 e. The van der Waals surface area contributed by atoms with Crippen LogP contribution in [0.5, 0.6) is 5.75 Å². The maximum absolute atomic E-state index is 12.3. The van der Waals surface area contributed by atoms with Crippen molar-refractivity contribution in [3.63, 3.8) is 0 Å². The fourth-order valence-corrected chi connectivity index (χ4v) is 2.02. The van der Waals surface area contributed by atoms with Crippen molar-refractivity contribution in [2.24, 2.45) is 11.8 Å². The van der Waals surface area contributed by atoms with Crippen molar-refractivity contribution < 1.29 is 14.6 Å². The number of methoxy groups -OCH3 is 1. The molecule has 0 amide bonds. The number of carbonyl (C=O) groups is 1. The number of aryl methyl sites for hydroxylation is 1. The van der Waals surface area contributed by atoms with Gasteiger partial charge in [-0.15, -0.1) is 0 Å². The number of hydrogen-bond acceptors (Lipinski definition) is 3. The van der Waals surface area contributed by atoms with Crippen LogP contribution in [0.3, 0.4) is 0 Å². The predicted molar refractivity (Wildman–Crippen MR) is 72.1 cm³/mol. The Balaban J connectivity index is 3.06. The summed E-state index contributed by atoms with van der Waals surface area (Å²) < 4.78 is 5.24. The van der Waals surface area contributed by atoms with E-state index in [0.717, 1.165) is 17.7 Å². The van der Waals surface area contributed by atoms with Crippen LogP contribution in [0.1, 0.15) is 36.7 Å². The highest BCUT2D eigenvalue weighted by atomic mass is 16.5. The van der Waals surface area contributed by atoms with Gasteiger partial charge in [-0.2, -0.15) is 0 Å². The lowest BCUT2D eigenvalue weighted by molar-refractivity contribution is 0.0806. The Labute approximate surface area is 109 Å². The van der Waals surface area contributed by atoms with E-state index in [1.54, 1.807) is 13.2 Å². The molecule has 0 fully saturated rings. The molecule has 1 N–H and O–H groups in total. The molecule has 1 atom stereocenters. The zero-order valence-corrected chi connectivity index (χ0v) is 11.6. The van der Waals surface area contributed by atoms with Gasteiger partial charge in [-0.3, -0.25) is 4.79 Å². The Kier molecular flexibility index (Phi) is 5.35. The molecule has 1 rings (SSSR count). The molecule has 0 aliphatic carbocycles. The lowest BCUT2D eigenvalue weighted by Gasteiger charge is -2.17. The number of hydrogen-bond donors (Lipinski definition) is 1. The molecular formula is C15H22O3. The van der Waals surface area contributed by atoms with E-state index in [0.29, 0.717) is 5.56 Å². The summed E-state index contributed by atoms with van der Waals surface area (Å²) >= 11 is 0. The first-order chi connectivity index (χ1) is 8.54. The predicted octanol–water partition coefficient (Wildman–Crippen LogP) is 2.70. The van der Waals surface area contributed by atoms with Gasteiger partial charge in [0.05, 0.1) is 13.7 Å². The van der Waals surface area contributed by atoms with E-state index in [1.165, 1.54) is 0 Å². The van der Waals surface area contributed by atoms with Gasteiger partial charge in [0.15, 0.2) is 5.78 Å². The molecule has 0 aromatic heterocycles. The van der Waals surface area contributed by atoms with Crippen molar-refractivity contribution in [2.45, 2.75) is 27.2 Å². The second-order valence-electron chi connectivity index (χ2n) is 4.78. The highest BCUT2D eigenvalue weighted by Gasteiger charge is 2.23. The van der Waals surface area contributed by atoms with Gasteiger partial charge in [-0.05, 0) is 36.1 Å². The van der Waals surface area contributed by atoms with Gasteiger partial charge in [0.1, 0.15) is 5.75 Å². The minimum Gasteiger partial charge on any atom is -0.496 e. The average Bonchev–Trinajstić information content (AvgIpc) is 2.38. The first-order valence-electron chi connectivity index (χ1n) is 6.37. The van der Waals surface area contributed by atoms with Crippen molar-refractivity contribution in [1.82, 2.24) is 0 Å². The third-order valence-electron chi connectivity index (χ3n) is 3.28. The van der Waals surface area contributed by atoms with E-state index < -0.39 is 0 Å². The SMILES string of the molecule is CCc1cc(C(=O)C(CO)C(C)C)ccc1OC. The average molecular weight is 250 g/mol. The Morgan fingerprint density at radius 1 is 1.39 bits per heavy atom. The van der Waals surface area contributed by atoms with Crippen molar-refractivity contribution in [2.75, 3.05) is 13.7 Å². The van der Waals surface area contributed by atoms with Crippen molar-refractivity contribution in [3.05, 3.63) is 29.3 Å². The first kappa shape index (κ1) is 14.7. The highest BCUT2D eigenvalue weighted by molar-refractivity contribution is 5.98. The third kappa shape index (κ3) is 3.10. The Hall–Kier alpha value is -1.35. The summed E-state index contributed by atoms with van der Waals surface area (Å²) in [6, 6.07) is 5.46. The second kappa shape index (κ2) is 6.55. The fraction of sp³-hybridized carbons (Fsp3) is 0.533. The van der Waals surface area contributed by atoms with Crippen molar-refractivity contribution >= 4 is 5.78 Å². The molecule has 1 aromatic rings. The second-order valence-corrected chi connectivity index (χ2v) is 4.78. The van der Waals surface area contributed by atoms with Gasteiger partial charge in [0, 0.05) is 11.5 Å². The van der Waals surface area contributed by atoms with E-state index in [2.05, 4.69) is 0 Å². The number of aliphatic hydroxyl groups excluding tert-OH is 1. The van der Waals surface area contributed by atoms with Crippen LogP contribution in [0, 0.1) is 11.8 Å². The lowest BCUT2D eigenvalue weighted by atomic mass is 9.88. The molecule has 0 heterocycles. The maximum atomic E-state index is 12.3. The summed E-state index contributed by atoms with van der Waals surface area (Å²) in [4.78, 5) is 12.3. The van der Waals surface area contributed by atoms with Crippen LogP contribution < -0.4 is 4.74 Å². The number of rotatable bonds is 6. The number of benzene rings is 1. The summed E-state index contributed by atoms with van der Waals surface area (Å²) in [6.07, 6.45) is 0.815. The van der Waals surface area contributed by atoms with Crippen LogP contribution in [0.25, 0.3) is 0 Å². The zero-order valence-electron chi connectivity index (χ0n) is 11.6. The van der Waals surface area contributed by atoms with Gasteiger partial charge in [-0.25, -0.2) is 0 Å². The summed E-state index contributed by atoms with van der Waals surface area (Å²) in [5.41, 5.74) is 1.67. The molecule has 1 aromatic carbocycles. The molecule has 0 spiro atoms. The van der Waals surface area contributed by atoms with E-state index in [9.17, 15) is 9.90 Å². The lowest BCUT2D eigenvalue weighted by Crippen LogP contribution is -2.24. The van der Waals surface area contributed by atoms with Gasteiger partial charge in [0.25, 0.3) is 0 Å². The summed E-state index contributed by atoms with van der Waals surface area (Å²) in [5, 5.41) is 9.31. The molecule has 0 radical (unpaired) electrons. The van der Waals surface area contributed by atoms with Crippen LogP contribution in [-0.2, 0) is 6.42 Å². The molecular weight excluding hydrogens is 228 g/mol. The van der Waals surface area contributed by atoms with Crippen LogP contribution in [0.15, 0.2) is 18.2 Å². The Morgan fingerprint density at radius 2 is 2.06 bits per heavy atom. The van der Waals surface area contributed by atoms with Crippen LogP contribution in [-0.4, -0.2) is 24.6 Å². The van der Waals surface area contributed by atoms with Gasteiger partial charge >= 0.3 is 0 Å². The normalized spacial score (nSPS) is 12.6.